The lowest BCUT2D eigenvalue weighted by molar-refractivity contribution is 0.473. The Hall–Kier alpha value is -2.24. The van der Waals surface area contributed by atoms with Crippen molar-refractivity contribution in [3.05, 3.63) is 71.0 Å². The predicted octanol–water partition coefficient (Wildman–Crippen LogP) is 3.57. The number of hydrazine groups is 1. The summed E-state index contributed by atoms with van der Waals surface area (Å²) in [6.45, 7) is 1.98. The van der Waals surface area contributed by atoms with Gasteiger partial charge >= 0.3 is 0 Å². The molecule has 0 saturated carbocycles. The van der Waals surface area contributed by atoms with Gasteiger partial charge in [0.2, 0.25) is 0 Å². The van der Waals surface area contributed by atoms with E-state index in [1.165, 1.54) is 12.1 Å². The first-order valence-corrected chi connectivity index (χ1v) is 6.49. The number of hydrogen-bond donors (Lipinski definition) is 2. The zero-order valence-corrected chi connectivity index (χ0v) is 11.4. The standard InChI is InChI=1S/C16H14F2N2O/c1-9-2-3-14-10(4-9)7-15(21-14)16(20-19)11-5-12(17)8-13(18)6-11/h2-8,16,20H,19H2,1H3. The van der Waals surface area contributed by atoms with E-state index in [0.29, 0.717) is 16.9 Å². The van der Waals surface area contributed by atoms with Crippen LogP contribution in [0, 0.1) is 18.6 Å². The Morgan fingerprint density at radius 2 is 1.76 bits per heavy atom. The Bertz CT molecular complexity index is 778. The van der Waals surface area contributed by atoms with Gasteiger partial charge in [0.25, 0.3) is 0 Å². The molecule has 0 fully saturated rings. The summed E-state index contributed by atoms with van der Waals surface area (Å²) in [5, 5.41) is 0.919. The molecule has 0 aliphatic rings. The summed E-state index contributed by atoms with van der Waals surface area (Å²) in [6.07, 6.45) is 0. The molecule has 21 heavy (non-hydrogen) atoms. The highest BCUT2D eigenvalue weighted by atomic mass is 19.1. The predicted molar refractivity (Wildman–Crippen MR) is 76.5 cm³/mol. The first-order chi connectivity index (χ1) is 10.1. The molecule has 0 amide bonds. The average Bonchev–Trinajstić information content (AvgIpc) is 2.81. The molecule has 2 aromatic carbocycles. The van der Waals surface area contributed by atoms with E-state index in [9.17, 15) is 8.78 Å². The molecule has 1 atom stereocenters. The van der Waals surface area contributed by atoms with Crippen LogP contribution in [0.25, 0.3) is 11.0 Å². The van der Waals surface area contributed by atoms with E-state index in [2.05, 4.69) is 5.43 Å². The first kappa shape index (κ1) is 13.7. The minimum Gasteiger partial charge on any atom is -0.459 e. The highest BCUT2D eigenvalue weighted by molar-refractivity contribution is 5.78. The molecule has 3 nitrogen and oxygen atoms in total. The van der Waals surface area contributed by atoms with Gasteiger partial charge in [-0.2, -0.15) is 0 Å². The molecule has 108 valence electrons. The zero-order valence-electron chi connectivity index (χ0n) is 11.4. The number of nitrogens with two attached hydrogens (primary N) is 1. The van der Waals surface area contributed by atoms with E-state index in [-0.39, 0.29) is 0 Å². The smallest absolute Gasteiger partial charge is 0.134 e. The molecule has 1 heterocycles. The second-order valence-corrected chi connectivity index (χ2v) is 4.99. The lowest BCUT2D eigenvalue weighted by atomic mass is 10.0. The maximum atomic E-state index is 13.4. The van der Waals surface area contributed by atoms with Crippen LogP contribution in [0.15, 0.2) is 46.9 Å². The van der Waals surface area contributed by atoms with Crippen molar-refractivity contribution >= 4 is 11.0 Å². The van der Waals surface area contributed by atoms with Crippen LogP contribution in [-0.2, 0) is 0 Å². The van der Waals surface area contributed by atoms with Crippen molar-refractivity contribution in [1.29, 1.82) is 0 Å². The summed E-state index contributed by atoms with van der Waals surface area (Å²) in [5.74, 6) is 4.73. The minimum absolute atomic E-state index is 0.366. The number of aryl methyl sites for hydroxylation is 1. The maximum absolute atomic E-state index is 13.4. The lowest BCUT2D eigenvalue weighted by Crippen LogP contribution is -2.28. The fourth-order valence-corrected chi connectivity index (χ4v) is 2.41. The first-order valence-electron chi connectivity index (χ1n) is 6.49. The number of halogens is 2. The van der Waals surface area contributed by atoms with Crippen molar-refractivity contribution < 1.29 is 13.2 Å². The number of hydrogen-bond acceptors (Lipinski definition) is 3. The Balaban J connectivity index is 2.08. The fourth-order valence-electron chi connectivity index (χ4n) is 2.41. The molecule has 1 aromatic heterocycles. The van der Waals surface area contributed by atoms with Gasteiger partial charge < -0.3 is 4.42 Å². The second-order valence-electron chi connectivity index (χ2n) is 4.99. The van der Waals surface area contributed by atoms with E-state index in [1.54, 1.807) is 0 Å². The molecule has 0 radical (unpaired) electrons. The third-order valence-electron chi connectivity index (χ3n) is 3.36. The molecule has 3 aromatic rings. The SMILES string of the molecule is Cc1ccc2oc(C(NN)c3cc(F)cc(F)c3)cc2c1. The number of nitrogens with one attached hydrogen (secondary N) is 1. The van der Waals surface area contributed by atoms with Crippen LogP contribution in [-0.4, -0.2) is 0 Å². The van der Waals surface area contributed by atoms with Crippen LogP contribution >= 0.6 is 0 Å². The van der Waals surface area contributed by atoms with Crippen molar-refractivity contribution in [3.63, 3.8) is 0 Å². The van der Waals surface area contributed by atoms with Gasteiger partial charge in [0.1, 0.15) is 29.0 Å². The van der Waals surface area contributed by atoms with Gasteiger partial charge in [0.15, 0.2) is 0 Å². The van der Waals surface area contributed by atoms with Gasteiger partial charge in [-0.25, -0.2) is 14.2 Å². The molecule has 0 aliphatic carbocycles. The van der Waals surface area contributed by atoms with E-state index >= 15 is 0 Å². The van der Waals surface area contributed by atoms with Crippen LogP contribution < -0.4 is 11.3 Å². The largest absolute Gasteiger partial charge is 0.459 e. The Kier molecular flexibility index (Phi) is 3.45. The van der Waals surface area contributed by atoms with Crippen LogP contribution in [0.3, 0.4) is 0 Å². The molecule has 0 aliphatic heterocycles. The molecule has 0 saturated heterocycles. The topological polar surface area (TPSA) is 51.2 Å². The summed E-state index contributed by atoms with van der Waals surface area (Å²) in [7, 11) is 0. The molecule has 1 unspecified atom stereocenters. The Morgan fingerprint density at radius 1 is 1.05 bits per heavy atom. The second kappa shape index (κ2) is 5.27. The van der Waals surface area contributed by atoms with Crippen LogP contribution in [0.5, 0.6) is 0 Å². The summed E-state index contributed by atoms with van der Waals surface area (Å²) in [5.41, 5.74) is 4.71. The summed E-state index contributed by atoms with van der Waals surface area (Å²) >= 11 is 0. The molecule has 3 rings (SSSR count). The summed E-state index contributed by atoms with van der Waals surface area (Å²) < 4.78 is 32.4. The van der Waals surface area contributed by atoms with Crippen LogP contribution in [0.1, 0.15) is 22.9 Å². The Morgan fingerprint density at radius 3 is 2.43 bits per heavy atom. The van der Waals surface area contributed by atoms with E-state index in [4.69, 9.17) is 10.3 Å². The molecule has 0 bridgehead atoms. The number of rotatable bonds is 3. The fraction of sp³-hybridized carbons (Fsp3) is 0.125. The van der Waals surface area contributed by atoms with Gasteiger partial charge in [-0.15, -0.1) is 0 Å². The van der Waals surface area contributed by atoms with Crippen molar-refractivity contribution in [2.45, 2.75) is 13.0 Å². The lowest BCUT2D eigenvalue weighted by Gasteiger charge is -2.13. The van der Waals surface area contributed by atoms with Crippen molar-refractivity contribution in [2.24, 2.45) is 5.84 Å². The van der Waals surface area contributed by atoms with Crippen LogP contribution in [0.2, 0.25) is 0 Å². The van der Waals surface area contributed by atoms with Gasteiger partial charge in [-0.1, -0.05) is 11.6 Å². The van der Waals surface area contributed by atoms with E-state index in [1.807, 2.05) is 31.2 Å². The zero-order chi connectivity index (χ0) is 15.0. The van der Waals surface area contributed by atoms with E-state index < -0.39 is 17.7 Å². The van der Waals surface area contributed by atoms with Gasteiger partial charge in [0, 0.05) is 11.5 Å². The Labute approximate surface area is 120 Å². The molecule has 5 heteroatoms. The number of furan rings is 1. The van der Waals surface area contributed by atoms with Gasteiger partial charge in [0.05, 0.1) is 0 Å². The van der Waals surface area contributed by atoms with Crippen molar-refractivity contribution in [1.82, 2.24) is 5.43 Å². The average molecular weight is 288 g/mol. The normalized spacial score (nSPS) is 12.8. The molecular formula is C16H14F2N2O. The number of benzene rings is 2. The highest BCUT2D eigenvalue weighted by Crippen LogP contribution is 2.29. The minimum atomic E-state index is -0.655. The summed E-state index contributed by atoms with van der Waals surface area (Å²) in [4.78, 5) is 0. The highest BCUT2D eigenvalue weighted by Gasteiger charge is 2.19. The monoisotopic (exact) mass is 288 g/mol. The van der Waals surface area contributed by atoms with Gasteiger partial charge in [-0.3, -0.25) is 5.84 Å². The quantitative estimate of drug-likeness (QED) is 0.572. The molecule has 3 N–H and O–H groups in total. The van der Waals surface area contributed by atoms with Crippen molar-refractivity contribution in [3.8, 4) is 0 Å². The molecule has 0 spiro atoms. The third kappa shape index (κ3) is 2.66. The van der Waals surface area contributed by atoms with Gasteiger partial charge in [-0.05, 0) is 42.8 Å². The maximum Gasteiger partial charge on any atom is 0.134 e. The molecular weight excluding hydrogens is 274 g/mol. The number of fused-ring (bicyclic) bond motifs is 1. The van der Waals surface area contributed by atoms with Crippen LogP contribution in [0.4, 0.5) is 8.78 Å². The van der Waals surface area contributed by atoms with Crippen molar-refractivity contribution in [2.75, 3.05) is 0 Å². The van der Waals surface area contributed by atoms with E-state index in [0.717, 1.165) is 17.0 Å². The third-order valence-corrected chi connectivity index (χ3v) is 3.36. The summed E-state index contributed by atoms with van der Waals surface area (Å²) in [6, 6.07) is 10.2.